The van der Waals surface area contributed by atoms with Gasteiger partial charge in [0.1, 0.15) is 11.4 Å². The number of nitrogens with zero attached hydrogens (tertiary/aromatic N) is 4. The minimum Gasteiger partial charge on any atom is -0.505 e. The van der Waals surface area contributed by atoms with Crippen molar-refractivity contribution in [1.82, 2.24) is 0 Å². The van der Waals surface area contributed by atoms with E-state index in [1.807, 2.05) is 36.4 Å². The molecule has 0 heterocycles. The SMILES string of the molecule is Nc1ccc2c(O)c(N=Nc3ccccc3)c(SOOO)cc2c1N=Nc1ccccc1. The van der Waals surface area contributed by atoms with Crippen LogP contribution in [0.2, 0.25) is 0 Å². The van der Waals surface area contributed by atoms with Gasteiger partial charge < -0.3 is 10.8 Å². The Morgan fingerprint density at radius 2 is 1.31 bits per heavy atom. The van der Waals surface area contributed by atoms with Crippen molar-refractivity contribution < 1.29 is 19.7 Å². The van der Waals surface area contributed by atoms with Crippen LogP contribution in [-0.2, 0) is 9.37 Å². The lowest BCUT2D eigenvalue weighted by Gasteiger charge is -2.11. The van der Waals surface area contributed by atoms with Gasteiger partial charge >= 0.3 is 0 Å². The fraction of sp³-hybridized carbons (Fsp3) is 0. The molecule has 0 atom stereocenters. The fourth-order valence-electron chi connectivity index (χ4n) is 2.95. The maximum absolute atomic E-state index is 11.0. The number of anilines is 1. The second kappa shape index (κ2) is 9.98. The van der Waals surface area contributed by atoms with E-state index in [0.29, 0.717) is 50.5 Å². The van der Waals surface area contributed by atoms with E-state index in [2.05, 4.69) is 29.8 Å². The van der Waals surface area contributed by atoms with Crippen LogP contribution in [0.4, 0.5) is 28.4 Å². The molecule has 0 saturated heterocycles. The summed E-state index contributed by atoms with van der Waals surface area (Å²) in [6, 6.07) is 23.1. The van der Waals surface area contributed by atoms with E-state index in [9.17, 15) is 5.11 Å². The van der Waals surface area contributed by atoms with Crippen LogP contribution in [0, 0.1) is 0 Å². The first-order valence-electron chi connectivity index (χ1n) is 9.34. The fourth-order valence-corrected chi connectivity index (χ4v) is 3.44. The first-order valence-corrected chi connectivity index (χ1v) is 10.1. The second-order valence-electron chi connectivity index (χ2n) is 6.47. The first kappa shape index (κ1) is 21.4. The van der Waals surface area contributed by atoms with Gasteiger partial charge in [0, 0.05) is 10.8 Å². The molecule has 0 aliphatic rings. The largest absolute Gasteiger partial charge is 0.505 e. The summed E-state index contributed by atoms with van der Waals surface area (Å²) < 4.78 is 4.59. The quantitative estimate of drug-likeness (QED) is 0.0889. The maximum Gasteiger partial charge on any atom is 0.152 e. The molecule has 4 rings (SSSR count). The average Bonchev–Trinajstić information content (AvgIpc) is 2.83. The van der Waals surface area contributed by atoms with E-state index >= 15 is 0 Å². The van der Waals surface area contributed by atoms with Crippen LogP contribution < -0.4 is 5.73 Å². The summed E-state index contributed by atoms with van der Waals surface area (Å²) in [5.74, 6) is -0.164. The third-order valence-corrected chi connectivity index (χ3v) is 5.05. The zero-order valence-corrected chi connectivity index (χ0v) is 17.3. The number of fused-ring (bicyclic) bond motifs is 1. The van der Waals surface area contributed by atoms with Crippen LogP contribution in [0.25, 0.3) is 10.8 Å². The summed E-state index contributed by atoms with van der Waals surface area (Å²) in [5, 5.41) is 41.1. The van der Waals surface area contributed by atoms with Gasteiger partial charge in [0.2, 0.25) is 0 Å². The zero-order valence-electron chi connectivity index (χ0n) is 16.5. The van der Waals surface area contributed by atoms with Gasteiger partial charge in [-0.05, 0) is 42.5 Å². The van der Waals surface area contributed by atoms with E-state index in [4.69, 9.17) is 11.0 Å². The molecule has 0 spiro atoms. The minimum absolute atomic E-state index is 0.124. The molecule has 0 unspecified atom stereocenters. The van der Waals surface area contributed by atoms with Crippen molar-refractivity contribution in [2.75, 3.05) is 5.73 Å². The Bertz CT molecular complexity index is 1280. The van der Waals surface area contributed by atoms with Crippen molar-refractivity contribution in [3.63, 3.8) is 0 Å². The van der Waals surface area contributed by atoms with E-state index in [1.165, 1.54) is 0 Å². The lowest BCUT2D eigenvalue weighted by atomic mass is 10.1. The highest BCUT2D eigenvalue weighted by Gasteiger charge is 2.18. The van der Waals surface area contributed by atoms with Gasteiger partial charge in [-0.2, -0.15) is 10.2 Å². The van der Waals surface area contributed by atoms with E-state index in [-0.39, 0.29) is 11.4 Å². The molecule has 4 aromatic carbocycles. The monoisotopic (exact) mass is 447 g/mol. The molecule has 32 heavy (non-hydrogen) atoms. The van der Waals surface area contributed by atoms with E-state index in [0.717, 1.165) is 0 Å². The second-order valence-corrected chi connectivity index (χ2v) is 7.21. The van der Waals surface area contributed by atoms with Crippen molar-refractivity contribution in [2.24, 2.45) is 20.5 Å². The molecule has 0 saturated carbocycles. The number of rotatable bonds is 7. The first-order chi connectivity index (χ1) is 15.7. The van der Waals surface area contributed by atoms with Gasteiger partial charge in [-0.1, -0.05) is 41.4 Å². The van der Waals surface area contributed by atoms with Crippen LogP contribution in [-0.4, -0.2) is 10.4 Å². The highest BCUT2D eigenvalue weighted by atomic mass is 32.2. The normalized spacial score (nSPS) is 11.7. The standard InChI is InChI=1S/C22H17N5O4S/c23-18-12-11-16-17(20(18)26-24-14-7-3-1-4-8-14)13-19(32-31-30-29)21(22(16)28)27-25-15-9-5-2-6-10-15/h1-13,28-29H,23H2. The molecular formula is C22H17N5O4S. The molecule has 0 amide bonds. The third kappa shape index (κ3) is 4.74. The number of phenolic OH excluding ortho intramolecular Hbond substituents is 1. The highest BCUT2D eigenvalue weighted by Crippen LogP contribution is 2.47. The molecule has 4 N–H and O–H groups in total. The topological polar surface area (TPSA) is 134 Å². The molecule has 0 bridgehead atoms. The smallest absolute Gasteiger partial charge is 0.152 e. The van der Waals surface area contributed by atoms with Crippen LogP contribution in [0.1, 0.15) is 0 Å². The molecule has 160 valence electrons. The summed E-state index contributed by atoms with van der Waals surface area (Å²) in [4.78, 5) is 0.311. The number of phenols is 1. The number of hydrogen-bond acceptors (Lipinski definition) is 10. The predicted octanol–water partition coefficient (Wildman–Crippen LogP) is 7.39. The van der Waals surface area contributed by atoms with Gasteiger partial charge in [0.05, 0.1) is 34.0 Å². The van der Waals surface area contributed by atoms with Gasteiger partial charge in [-0.3, -0.25) is 0 Å². The van der Waals surface area contributed by atoms with Gasteiger partial charge in [0.25, 0.3) is 0 Å². The minimum atomic E-state index is -0.164. The van der Waals surface area contributed by atoms with E-state index < -0.39 is 0 Å². The van der Waals surface area contributed by atoms with Gasteiger partial charge in [-0.15, -0.1) is 14.6 Å². The molecule has 0 aromatic heterocycles. The summed E-state index contributed by atoms with van der Waals surface area (Å²) >= 11 is 0.641. The van der Waals surface area contributed by atoms with Crippen molar-refractivity contribution >= 4 is 51.3 Å². The Morgan fingerprint density at radius 3 is 1.91 bits per heavy atom. The van der Waals surface area contributed by atoms with Crippen LogP contribution >= 0.6 is 12.0 Å². The number of nitrogen functional groups attached to an aromatic ring is 1. The Labute approximate surface area is 186 Å². The van der Waals surface area contributed by atoms with Crippen molar-refractivity contribution in [3.05, 3.63) is 78.9 Å². The average molecular weight is 447 g/mol. The summed E-state index contributed by atoms with van der Waals surface area (Å²) in [5.41, 5.74) is 8.24. The molecule has 0 radical (unpaired) electrons. The van der Waals surface area contributed by atoms with Crippen LogP contribution in [0.3, 0.4) is 0 Å². The molecule has 0 aliphatic carbocycles. The molecule has 0 fully saturated rings. The molecule has 4 aromatic rings. The van der Waals surface area contributed by atoms with Crippen molar-refractivity contribution in [1.29, 1.82) is 0 Å². The predicted molar refractivity (Wildman–Crippen MR) is 122 cm³/mol. The summed E-state index contributed by atoms with van der Waals surface area (Å²) in [7, 11) is 0. The number of azo groups is 2. The molecular weight excluding hydrogens is 430 g/mol. The summed E-state index contributed by atoms with van der Waals surface area (Å²) in [6.07, 6.45) is 0. The summed E-state index contributed by atoms with van der Waals surface area (Å²) in [6.45, 7) is 0. The number of benzene rings is 4. The number of nitrogens with two attached hydrogens (primary N) is 1. The number of hydrogen-bond donors (Lipinski definition) is 3. The lowest BCUT2D eigenvalue weighted by molar-refractivity contribution is -0.432. The molecule has 0 aliphatic heterocycles. The van der Waals surface area contributed by atoms with Gasteiger partial charge in [0.15, 0.2) is 5.75 Å². The zero-order chi connectivity index (χ0) is 22.3. The van der Waals surface area contributed by atoms with E-state index in [1.54, 1.807) is 42.5 Å². The third-order valence-electron chi connectivity index (χ3n) is 4.43. The Morgan fingerprint density at radius 1 is 0.719 bits per heavy atom. The van der Waals surface area contributed by atoms with Crippen molar-refractivity contribution in [3.8, 4) is 5.75 Å². The Hall–Kier alpha value is -3.83. The lowest BCUT2D eigenvalue weighted by Crippen LogP contribution is -1.89. The number of aromatic hydroxyl groups is 1. The van der Waals surface area contributed by atoms with Crippen LogP contribution in [0.5, 0.6) is 5.75 Å². The molecule has 9 nitrogen and oxygen atoms in total. The Balaban J connectivity index is 1.85. The Kier molecular flexibility index (Phi) is 6.68. The van der Waals surface area contributed by atoms with Gasteiger partial charge in [-0.25, -0.2) is 5.26 Å². The maximum atomic E-state index is 11.0. The van der Waals surface area contributed by atoms with Crippen LogP contribution in [0.15, 0.2) is 104 Å². The highest BCUT2D eigenvalue weighted by molar-refractivity contribution is 7.94. The van der Waals surface area contributed by atoms with Crippen molar-refractivity contribution in [2.45, 2.75) is 4.90 Å². The molecule has 10 heteroatoms.